The number of Topliss-reactive ketones (excluding diaryl/α,β-unsaturated/α-hetero) is 1. The molecule has 0 amide bonds. The minimum Gasteiger partial charge on any atom is -0.381 e. The maximum atomic E-state index is 12.7. The van der Waals surface area contributed by atoms with E-state index in [0.717, 1.165) is 12.8 Å². The van der Waals surface area contributed by atoms with Crippen LogP contribution in [0.2, 0.25) is 0 Å². The maximum absolute atomic E-state index is 12.7. The van der Waals surface area contributed by atoms with Gasteiger partial charge in [-0.3, -0.25) is 4.79 Å². The monoisotopic (exact) mass is 264 g/mol. The fourth-order valence-corrected chi connectivity index (χ4v) is 3.04. The highest BCUT2D eigenvalue weighted by molar-refractivity contribution is 5.83. The molecule has 2 rings (SSSR count). The fraction of sp³-hybridized carbons (Fsp3) is 0.923. The number of hydrogen-bond acceptors (Lipinski definition) is 2. The van der Waals surface area contributed by atoms with Gasteiger partial charge in [-0.2, -0.15) is 13.2 Å². The highest BCUT2D eigenvalue weighted by atomic mass is 19.4. The van der Waals surface area contributed by atoms with Crippen molar-refractivity contribution in [3.05, 3.63) is 0 Å². The van der Waals surface area contributed by atoms with Crippen LogP contribution in [-0.2, 0) is 9.53 Å². The summed E-state index contributed by atoms with van der Waals surface area (Å²) in [5, 5.41) is 0. The van der Waals surface area contributed by atoms with Gasteiger partial charge in [-0.25, -0.2) is 0 Å². The second kappa shape index (κ2) is 5.59. The number of alkyl halides is 3. The van der Waals surface area contributed by atoms with Crippen LogP contribution in [0.15, 0.2) is 0 Å². The molecular formula is C13H19F3O2. The van der Waals surface area contributed by atoms with E-state index in [9.17, 15) is 18.0 Å². The molecule has 2 fully saturated rings. The number of ketones is 1. The lowest BCUT2D eigenvalue weighted by Crippen LogP contribution is -2.36. The molecular weight excluding hydrogens is 245 g/mol. The lowest BCUT2D eigenvalue weighted by atomic mass is 9.75. The van der Waals surface area contributed by atoms with Crippen LogP contribution in [-0.4, -0.2) is 25.2 Å². The average Bonchev–Trinajstić information content (AvgIpc) is 2.38. The van der Waals surface area contributed by atoms with Crippen LogP contribution in [0.4, 0.5) is 13.2 Å². The largest absolute Gasteiger partial charge is 0.391 e. The molecule has 3 unspecified atom stereocenters. The average molecular weight is 264 g/mol. The summed E-state index contributed by atoms with van der Waals surface area (Å²) in [6, 6.07) is 0. The van der Waals surface area contributed by atoms with Crippen molar-refractivity contribution in [2.45, 2.75) is 44.7 Å². The Morgan fingerprint density at radius 1 is 1.06 bits per heavy atom. The first-order valence-corrected chi connectivity index (χ1v) is 6.66. The summed E-state index contributed by atoms with van der Waals surface area (Å²) in [5.74, 6) is -1.86. The van der Waals surface area contributed by atoms with Crippen LogP contribution < -0.4 is 0 Å². The molecule has 1 aliphatic heterocycles. The topological polar surface area (TPSA) is 26.3 Å². The number of carbonyl (C=O) groups excluding carboxylic acids is 1. The van der Waals surface area contributed by atoms with Crippen LogP contribution in [0.5, 0.6) is 0 Å². The summed E-state index contributed by atoms with van der Waals surface area (Å²) >= 11 is 0. The van der Waals surface area contributed by atoms with Crippen molar-refractivity contribution < 1.29 is 22.7 Å². The molecule has 0 aromatic heterocycles. The summed E-state index contributed by atoms with van der Waals surface area (Å²) < 4.78 is 43.3. The van der Waals surface area contributed by atoms with Gasteiger partial charge in [-0.15, -0.1) is 0 Å². The molecule has 104 valence electrons. The maximum Gasteiger partial charge on any atom is 0.391 e. The third-order valence-electron chi connectivity index (χ3n) is 4.10. The van der Waals surface area contributed by atoms with Crippen molar-refractivity contribution in [3.63, 3.8) is 0 Å². The number of rotatable bonds is 2. The standard InChI is InChI=1S/C13H19F3O2/c14-13(15,16)11-5-1-3-9(7-11)12(17)10-4-2-6-18-8-10/h9-11H,1-8H2. The van der Waals surface area contributed by atoms with Gasteiger partial charge in [0.2, 0.25) is 0 Å². The Morgan fingerprint density at radius 2 is 1.78 bits per heavy atom. The van der Waals surface area contributed by atoms with E-state index in [1.807, 2.05) is 0 Å². The van der Waals surface area contributed by atoms with Crippen LogP contribution in [0.25, 0.3) is 0 Å². The Labute approximate surface area is 105 Å². The second-order valence-electron chi connectivity index (χ2n) is 5.42. The van der Waals surface area contributed by atoms with Gasteiger partial charge in [-0.1, -0.05) is 6.42 Å². The van der Waals surface area contributed by atoms with E-state index in [2.05, 4.69) is 0 Å². The van der Waals surface area contributed by atoms with E-state index >= 15 is 0 Å². The summed E-state index contributed by atoms with van der Waals surface area (Å²) in [5.41, 5.74) is 0. The molecule has 5 heteroatoms. The summed E-state index contributed by atoms with van der Waals surface area (Å²) in [6.45, 7) is 1.06. The highest BCUT2D eigenvalue weighted by Crippen LogP contribution is 2.41. The van der Waals surface area contributed by atoms with Gasteiger partial charge in [0.1, 0.15) is 5.78 Å². The fourth-order valence-electron chi connectivity index (χ4n) is 3.04. The molecule has 18 heavy (non-hydrogen) atoms. The molecule has 1 heterocycles. The van der Waals surface area contributed by atoms with Crippen molar-refractivity contribution >= 4 is 5.78 Å². The van der Waals surface area contributed by atoms with Gasteiger partial charge in [0, 0.05) is 18.4 Å². The number of hydrogen-bond donors (Lipinski definition) is 0. The summed E-state index contributed by atoms with van der Waals surface area (Å²) in [6.07, 6.45) is -1.26. The molecule has 1 saturated heterocycles. The first-order chi connectivity index (χ1) is 8.48. The SMILES string of the molecule is O=C(C1CCCOC1)C1CCCC(C(F)(F)F)C1. The first-order valence-electron chi connectivity index (χ1n) is 6.66. The van der Waals surface area contributed by atoms with E-state index in [4.69, 9.17) is 4.74 Å². The van der Waals surface area contributed by atoms with Crippen molar-refractivity contribution in [3.8, 4) is 0 Å². The first kappa shape index (κ1) is 13.8. The normalized spacial score (nSPS) is 34.3. The summed E-state index contributed by atoms with van der Waals surface area (Å²) in [4.78, 5) is 12.2. The summed E-state index contributed by atoms with van der Waals surface area (Å²) in [7, 11) is 0. The van der Waals surface area contributed by atoms with Gasteiger partial charge in [0.25, 0.3) is 0 Å². The van der Waals surface area contributed by atoms with Crippen molar-refractivity contribution in [2.24, 2.45) is 17.8 Å². The number of halogens is 3. The molecule has 0 radical (unpaired) electrons. The van der Waals surface area contributed by atoms with Crippen LogP contribution in [0.1, 0.15) is 38.5 Å². The Bertz CT molecular complexity index is 295. The number of ether oxygens (including phenoxy) is 1. The second-order valence-corrected chi connectivity index (χ2v) is 5.42. The Morgan fingerprint density at radius 3 is 2.39 bits per heavy atom. The molecule has 2 aliphatic rings. The number of carbonyl (C=O) groups is 1. The van der Waals surface area contributed by atoms with E-state index in [0.29, 0.717) is 26.1 Å². The zero-order valence-electron chi connectivity index (χ0n) is 10.3. The van der Waals surface area contributed by atoms with Gasteiger partial charge >= 0.3 is 6.18 Å². The molecule has 0 aromatic carbocycles. The van der Waals surface area contributed by atoms with E-state index in [1.54, 1.807) is 0 Å². The third-order valence-corrected chi connectivity index (χ3v) is 4.10. The minimum absolute atomic E-state index is 0.00338. The lowest BCUT2D eigenvalue weighted by molar-refractivity contribution is -0.186. The minimum atomic E-state index is -4.15. The zero-order valence-corrected chi connectivity index (χ0v) is 10.3. The quantitative estimate of drug-likeness (QED) is 0.764. The van der Waals surface area contributed by atoms with Crippen LogP contribution >= 0.6 is 0 Å². The Hall–Kier alpha value is -0.580. The lowest BCUT2D eigenvalue weighted by Gasteiger charge is -2.32. The van der Waals surface area contributed by atoms with Gasteiger partial charge in [-0.05, 0) is 32.1 Å². The predicted molar refractivity (Wildman–Crippen MR) is 60.1 cm³/mol. The molecule has 3 atom stereocenters. The van der Waals surface area contributed by atoms with Gasteiger partial charge in [0.15, 0.2) is 0 Å². The van der Waals surface area contributed by atoms with Crippen molar-refractivity contribution in [2.75, 3.05) is 13.2 Å². The third kappa shape index (κ3) is 3.25. The van der Waals surface area contributed by atoms with E-state index in [-0.39, 0.29) is 24.5 Å². The van der Waals surface area contributed by atoms with E-state index in [1.165, 1.54) is 0 Å². The molecule has 0 aromatic rings. The van der Waals surface area contributed by atoms with Crippen LogP contribution in [0.3, 0.4) is 0 Å². The van der Waals surface area contributed by atoms with E-state index < -0.39 is 18.0 Å². The Balaban J connectivity index is 1.93. The molecule has 2 nitrogen and oxygen atoms in total. The molecule has 1 aliphatic carbocycles. The van der Waals surface area contributed by atoms with Crippen molar-refractivity contribution in [1.29, 1.82) is 0 Å². The molecule has 0 N–H and O–H groups in total. The van der Waals surface area contributed by atoms with Crippen LogP contribution in [0, 0.1) is 17.8 Å². The highest BCUT2D eigenvalue weighted by Gasteiger charge is 2.44. The predicted octanol–water partition coefficient (Wildman–Crippen LogP) is 3.35. The van der Waals surface area contributed by atoms with Gasteiger partial charge in [0.05, 0.1) is 12.5 Å². The molecule has 1 saturated carbocycles. The Kier molecular flexibility index (Phi) is 4.30. The molecule has 0 spiro atoms. The molecule has 0 bridgehead atoms. The zero-order chi connectivity index (χ0) is 13.2. The smallest absolute Gasteiger partial charge is 0.381 e. The van der Waals surface area contributed by atoms with Gasteiger partial charge < -0.3 is 4.74 Å². The van der Waals surface area contributed by atoms with Crippen molar-refractivity contribution in [1.82, 2.24) is 0 Å².